The van der Waals surface area contributed by atoms with Crippen molar-refractivity contribution in [1.82, 2.24) is 0 Å². The molecule has 0 aliphatic heterocycles. The van der Waals surface area contributed by atoms with E-state index in [4.69, 9.17) is 4.89 Å². The van der Waals surface area contributed by atoms with Crippen molar-refractivity contribution < 1.29 is 18.9 Å². The standard InChI is InChI=1S/C8H10NO4P/c9-13-14(11,12)6-8-3-1-7(5-10)2-4-8/h1-5H,6,9H2,(H,11,12). The van der Waals surface area contributed by atoms with E-state index >= 15 is 0 Å². The topological polar surface area (TPSA) is 89.6 Å². The summed E-state index contributed by atoms with van der Waals surface area (Å²) in [7, 11) is -3.73. The van der Waals surface area contributed by atoms with Gasteiger partial charge in [-0.05, 0) is 5.56 Å². The molecule has 0 aliphatic rings. The normalized spacial score (nSPS) is 14.7. The van der Waals surface area contributed by atoms with Gasteiger partial charge < -0.3 is 4.89 Å². The van der Waals surface area contributed by atoms with Crippen molar-refractivity contribution >= 4 is 13.9 Å². The van der Waals surface area contributed by atoms with E-state index < -0.39 is 7.60 Å². The minimum atomic E-state index is -3.73. The third-order valence-corrected chi connectivity index (χ3v) is 2.76. The molecule has 1 aromatic carbocycles. The molecule has 0 amide bonds. The predicted molar refractivity (Wildman–Crippen MR) is 50.6 cm³/mol. The van der Waals surface area contributed by atoms with Gasteiger partial charge in [0.05, 0.1) is 6.16 Å². The van der Waals surface area contributed by atoms with Crippen LogP contribution in [0.15, 0.2) is 24.3 Å². The molecule has 0 heterocycles. The number of aldehydes is 1. The van der Waals surface area contributed by atoms with Crippen LogP contribution in [0.2, 0.25) is 0 Å². The molecule has 0 spiro atoms. The summed E-state index contributed by atoms with van der Waals surface area (Å²) in [5, 5.41) is 0. The van der Waals surface area contributed by atoms with Crippen LogP contribution in [-0.4, -0.2) is 11.2 Å². The Balaban J connectivity index is 2.78. The van der Waals surface area contributed by atoms with Gasteiger partial charge in [-0.25, -0.2) is 10.5 Å². The number of carbonyl (C=O) groups excluding carboxylic acids is 1. The van der Waals surface area contributed by atoms with Gasteiger partial charge in [0.1, 0.15) is 6.29 Å². The van der Waals surface area contributed by atoms with Gasteiger partial charge in [-0.15, -0.1) is 0 Å². The number of rotatable bonds is 4. The average molecular weight is 215 g/mol. The SMILES string of the molecule is NOP(=O)(O)Cc1ccc(C=O)cc1. The van der Waals surface area contributed by atoms with E-state index in [-0.39, 0.29) is 6.16 Å². The molecule has 6 heteroatoms. The van der Waals surface area contributed by atoms with E-state index in [1.165, 1.54) is 0 Å². The summed E-state index contributed by atoms with van der Waals surface area (Å²) in [6.45, 7) is 0. The Bertz CT molecular complexity index is 362. The minimum absolute atomic E-state index is 0.164. The Hall–Kier alpha value is -1.00. The highest BCUT2D eigenvalue weighted by Gasteiger charge is 2.18. The first-order valence-corrected chi connectivity index (χ1v) is 5.58. The summed E-state index contributed by atoms with van der Waals surface area (Å²) in [6, 6.07) is 6.26. The van der Waals surface area contributed by atoms with Crippen LogP contribution < -0.4 is 5.90 Å². The average Bonchev–Trinajstić information content (AvgIpc) is 2.19. The van der Waals surface area contributed by atoms with Crippen molar-refractivity contribution in [2.75, 3.05) is 0 Å². The molecule has 0 aromatic heterocycles. The van der Waals surface area contributed by atoms with Crippen LogP contribution in [0.1, 0.15) is 15.9 Å². The molecule has 1 aromatic rings. The Kier molecular flexibility index (Phi) is 3.55. The zero-order chi connectivity index (χ0) is 10.6. The molecule has 1 rings (SSSR count). The molecule has 3 N–H and O–H groups in total. The van der Waals surface area contributed by atoms with Crippen LogP contribution >= 0.6 is 7.60 Å². The van der Waals surface area contributed by atoms with E-state index in [9.17, 15) is 9.36 Å². The third kappa shape index (κ3) is 3.05. The van der Waals surface area contributed by atoms with Gasteiger partial charge in [0, 0.05) is 5.56 Å². The minimum Gasteiger partial charge on any atom is -0.323 e. The van der Waals surface area contributed by atoms with Crippen LogP contribution in [-0.2, 0) is 15.4 Å². The molecule has 0 radical (unpaired) electrons. The van der Waals surface area contributed by atoms with Crippen molar-refractivity contribution in [2.45, 2.75) is 6.16 Å². The smallest absolute Gasteiger partial charge is 0.323 e. The van der Waals surface area contributed by atoms with Crippen molar-refractivity contribution in [3.63, 3.8) is 0 Å². The second-order valence-electron chi connectivity index (χ2n) is 2.76. The van der Waals surface area contributed by atoms with Gasteiger partial charge >= 0.3 is 7.60 Å². The predicted octanol–water partition coefficient (Wildman–Crippen LogP) is 1.07. The van der Waals surface area contributed by atoms with Crippen molar-refractivity contribution in [3.8, 4) is 0 Å². The van der Waals surface area contributed by atoms with Crippen LogP contribution in [0.5, 0.6) is 0 Å². The molecular weight excluding hydrogens is 205 g/mol. The van der Waals surface area contributed by atoms with E-state index in [2.05, 4.69) is 10.5 Å². The molecule has 14 heavy (non-hydrogen) atoms. The fourth-order valence-corrected chi connectivity index (χ4v) is 1.72. The number of hydrogen-bond donors (Lipinski definition) is 2. The van der Waals surface area contributed by atoms with Gasteiger partial charge in [0.2, 0.25) is 0 Å². The fourth-order valence-electron chi connectivity index (χ4n) is 0.970. The zero-order valence-electron chi connectivity index (χ0n) is 7.29. The van der Waals surface area contributed by atoms with E-state index in [1.807, 2.05) is 0 Å². The van der Waals surface area contributed by atoms with Crippen LogP contribution in [0.25, 0.3) is 0 Å². The zero-order valence-corrected chi connectivity index (χ0v) is 8.18. The molecule has 0 saturated carbocycles. The van der Waals surface area contributed by atoms with Crippen molar-refractivity contribution in [1.29, 1.82) is 0 Å². The summed E-state index contributed by atoms with van der Waals surface area (Å²) in [5.41, 5.74) is 1.10. The lowest BCUT2D eigenvalue weighted by atomic mass is 10.2. The van der Waals surface area contributed by atoms with E-state index in [0.29, 0.717) is 17.4 Å². The second kappa shape index (κ2) is 4.48. The highest BCUT2D eigenvalue weighted by atomic mass is 31.2. The summed E-state index contributed by atoms with van der Waals surface area (Å²) in [4.78, 5) is 19.4. The Morgan fingerprint density at radius 2 is 2.00 bits per heavy atom. The summed E-state index contributed by atoms with van der Waals surface area (Å²) < 4.78 is 15.0. The molecule has 5 nitrogen and oxygen atoms in total. The molecule has 1 atom stereocenters. The maximum atomic E-state index is 11.0. The highest BCUT2D eigenvalue weighted by Crippen LogP contribution is 2.43. The summed E-state index contributed by atoms with van der Waals surface area (Å²) in [6.07, 6.45) is 0.532. The first kappa shape index (κ1) is 11.1. The number of benzene rings is 1. The molecule has 1 unspecified atom stereocenters. The number of carbonyl (C=O) groups is 1. The molecule has 76 valence electrons. The lowest BCUT2D eigenvalue weighted by Gasteiger charge is -2.07. The van der Waals surface area contributed by atoms with Crippen molar-refractivity contribution in [2.24, 2.45) is 5.90 Å². The molecular formula is C8H10NO4P. The largest absolute Gasteiger partial charge is 0.348 e. The number of hydrogen-bond acceptors (Lipinski definition) is 4. The van der Waals surface area contributed by atoms with Crippen LogP contribution in [0.4, 0.5) is 0 Å². The summed E-state index contributed by atoms with van der Waals surface area (Å²) >= 11 is 0. The first-order chi connectivity index (χ1) is 6.57. The monoisotopic (exact) mass is 215 g/mol. The van der Waals surface area contributed by atoms with E-state index in [1.54, 1.807) is 24.3 Å². The van der Waals surface area contributed by atoms with Gasteiger partial charge in [0.15, 0.2) is 0 Å². The Morgan fingerprint density at radius 1 is 1.43 bits per heavy atom. The Labute approximate surface area is 81.0 Å². The van der Waals surface area contributed by atoms with Crippen molar-refractivity contribution in [3.05, 3.63) is 35.4 Å². The molecule has 0 saturated heterocycles. The van der Waals surface area contributed by atoms with Gasteiger partial charge in [-0.2, -0.15) is 0 Å². The molecule has 0 fully saturated rings. The third-order valence-electron chi connectivity index (χ3n) is 1.66. The maximum absolute atomic E-state index is 11.0. The second-order valence-corrected chi connectivity index (χ2v) is 4.56. The summed E-state index contributed by atoms with van der Waals surface area (Å²) in [5.74, 6) is 4.64. The maximum Gasteiger partial charge on any atom is 0.348 e. The Morgan fingerprint density at radius 3 is 2.43 bits per heavy atom. The van der Waals surface area contributed by atoms with Crippen LogP contribution in [0, 0.1) is 0 Å². The fraction of sp³-hybridized carbons (Fsp3) is 0.125. The number of nitrogens with two attached hydrogens (primary N) is 1. The quantitative estimate of drug-likeness (QED) is 0.445. The van der Waals surface area contributed by atoms with Crippen LogP contribution in [0.3, 0.4) is 0 Å². The first-order valence-electron chi connectivity index (χ1n) is 3.82. The molecule has 0 bridgehead atoms. The van der Waals surface area contributed by atoms with Gasteiger partial charge in [0.25, 0.3) is 0 Å². The van der Waals surface area contributed by atoms with Gasteiger partial charge in [-0.1, -0.05) is 24.3 Å². The lowest BCUT2D eigenvalue weighted by Crippen LogP contribution is -1.99. The van der Waals surface area contributed by atoms with Gasteiger partial charge in [-0.3, -0.25) is 9.36 Å². The highest BCUT2D eigenvalue weighted by molar-refractivity contribution is 7.51. The van der Waals surface area contributed by atoms with E-state index in [0.717, 1.165) is 0 Å². The molecule has 0 aliphatic carbocycles. The lowest BCUT2D eigenvalue weighted by molar-refractivity contribution is 0.112.